The number of hydrogen-bond donors (Lipinski definition) is 1. The molecule has 0 bridgehead atoms. The number of thiazole rings is 1. The maximum Gasteiger partial charge on any atom is 0.416 e. The highest BCUT2D eigenvalue weighted by molar-refractivity contribution is 7.15. The van der Waals surface area contributed by atoms with Gasteiger partial charge in [-0.15, -0.1) is 11.3 Å². The topological polar surface area (TPSA) is 55.1 Å². The Hall–Kier alpha value is -3.17. The lowest BCUT2D eigenvalue weighted by Gasteiger charge is -2.09. The van der Waals surface area contributed by atoms with Gasteiger partial charge in [0.25, 0.3) is 5.91 Å². The number of benzene rings is 2. The second-order valence-corrected chi connectivity index (χ2v) is 8.26. The summed E-state index contributed by atoms with van der Waals surface area (Å²) >= 11 is 7.15. The molecule has 0 unspecified atom stereocenters. The van der Waals surface area contributed by atoms with E-state index in [0.717, 1.165) is 23.5 Å². The van der Waals surface area contributed by atoms with E-state index >= 15 is 0 Å². The van der Waals surface area contributed by atoms with Gasteiger partial charge in [0, 0.05) is 28.1 Å². The highest BCUT2D eigenvalue weighted by Gasteiger charge is 2.31. The van der Waals surface area contributed by atoms with Crippen LogP contribution in [-0.2, 0) is 12.6 Å². The van der Waals surface area contributed by atoms with Crippen molar-refractivity contribution in [3.8, 4) is 11.3 Å². The molecule has 4 rings (SSSR count). The minimum absolute atomic E-state index is 0.0296. The van der Waals surface area contributed by atoms with Crippen LogP contribution in [0.25, 0.3) is 11.3 Å². The fraction of sp³-hybridized carbons (Fsp3) is 0.0909. The quantitative estimate of drug-likeness (QED) is 0.311. The van der Waals surface area contributed by atoms with Crippen LogP contribution in [-0.4, -0.2) is 10.9 Å². The maximum atomic E-state index is 13.1. The number of nitrogens with one attached hydrogen (secondary N) is 1. The first-order valence-corrected chi connectivity index (χ1v) is 10.4. The number of hydrogen-bond acceptors (Lipinski definition) is 4. The molecule has 2 aromatic heterocycles. The van der Waals surface area contributed by atoms with Crippen LogP contribution >= 0.6 is 22.9 Å². The first kappa shape index (κ1) is 22.0. The third kappa shape index (κ3) is 5.00. The lowest BCUT2D eigenvalue weighted by Crippen LogP contribution is -2.10. The van der Waals surface area contributed by atoms with Crippen LogP contribution in [0, 0.1) is 5.82 Å². The molecule has 0 aliphatic carbocycles. The summed E-state index contributed by atoms with van der Waals surface area (Å²) in [6, 6.07) is 11.8. The van der Waals surface area contributed by atoms with Gasteiger partial charge in [0.2, 0.25) is 0 Å². The third-order valence-electron chi connectivity index (χ3n) is 4.47. The van der Waals surface area contributed by atoms with E-state index in [-0.39, 0.29) is 28.2 Å². The van der Waals surface area contributed by atoms with Crippen molar-refractivity contribution in [1.29, 1.82) is 0 Å². The minimum Gasteiger partial charge on any atom is -0.451 e. The van der Waals surface area contributed by atoms with Gasteiger partial charge in [0.1, 0.15) is 11.6 Å². The number of nitrogens with zero attached hydrogens (tertiary/aromatic N) is 1. The van der Waals surface area contributed by atoms with Crippen molar-refractivity contribution in [2.75, 3.05) is 5.32 Å². The van der Waals surface area contributed by atoms with Gasteiger partial charge >= 0.3 is 6.18 Å². The Morgan fingerprint density at radius 3 is 2.56 bits per heavy atom. The number of amides is 1. The Kier molecular flexibility index (Phi) is 6.03. The molecule has 0 aliphatic heterocycles. The molecule has 0 saturated heterocycles. The third-order valence-corrected chi connectivity index (χ3v) is 5.75. The molecule has 0 atom stereocenters. The zero-order valence-corrected chi connectivity index (χ0v) is 17.6. The lowest BCUT2D eigenvalue weighted by molar-refractivity contribution is -0.137. The van der Waals surface area contributed by atoms with E-state index in [1.165, 1.54) is 42.6 Å². The largest absolute Gasteiger partial charge is 0.451 e. The standard InChI is InChI=1S/C22H13ClF4N2O2S/c23-17-6-3-14(22(25,26)27)9-13(17)10-16-11-28-21(32-16)29-20(30)19-8-7-18(31-19)12-1-4-15(24)5-2-12/h1-9,11H,10H2,(H,28,29,30). The van der Waals surface area contributed by atoms with Crippen molar-refractivity contribution in [3.63, 3.8) is 0 Å². The van der Waals surface area contributed by atoms with Crippen molar-refractivity contribution < 1.29 is 26.8 Å². The average molecular weight is 481 g/mol. The van der Waals surface area contributed by atoms with Crippen LogP contribution in [0.3, 0.4) is 0 Å². The number of carbonyl (C=O) groups is 1. The van der Waals surface area contributed by atoms with Crippen LogP contribution in [0.4, 0.5) is 22.7 Å². The van der Waals surface area contributed by atoms with E-state index in [2.05, 4.69) is 10.3 Å². The molecule has 32 heavy (non-hydrogen) atoms. The smallest absolute Gasteiger partial charge is 0.416 e. The number of carbonyl (C=O) groups excluding carboxylic acids is 1. The van der Waals surface area contributed by atoms with Gasteiger partial charge in [0.05, 0.1) is 5.56 Å². The Morgan fingerprint density at radius 1 is 1.09 bits per heavy atom. The number of furan rings is 1. The van der Waals surface area contributed by atoms with Crippen LogP contribution in [0.1, 0.15) is 26.6 Å². The Bertz CT molecular complexity index is 1270. The molecule has 164 valence electrons. The predicted octanol–water partition coefficient (Wildman–Crippen LogP) is 7.06. The maximum absolute atomic E-state index is 13.1. The summed E-state index contributed by atoms with van der Waals surface area (Å²) in [7, 11) is 0. The summed E-state index contributed by atoms with van der Waals surface area (Å²) in [5.41, 5.74) is 0.127. The molecule has 2 heterocycles. The molecule has 0 fully saturated rings. The van der Waals surface area contributed by atoms with Gasteiger partial charge in [-0.1, -0.05) is 11.6 Å². The Morgan fingerprint density at radius 2 is 1.84 bits per heavy atom. The van der Waals surface area contributed by atoms with Crippen molar-refractivity contribution in [2.24, 2.45) is 0 Å². The molecule has 1 N–H and O–H groups in total. The van der Waals surface area contributed by atoms with Crippen molar-refractivity contribution >= 4 is 34.0 Å². The predicted molar refractivity (Wildman–Crippen MR) is 113 cm³/mol. The number of alkyl halides is 3. The average Bonchev–Trinajstić information content (AvgIpc) is 3.39. The highest BCUT2D eigenvalue weighted by Crippen LogP contribution is 2.33. The van der Waals surface area contributed by atoms with Crippen molar-refractivity contribution in [1.82, 2.24) is 4.98 Å². The Labute approximate surface area is 188 Å². The van der Waals surface area contributed by atoms with E-state index in [1.54, 1.807) is 6.07 Å². The van der Waals surface area contributed by atoms with Crippen LogP contribution in [0.15, 0.2) is 65.2 Å². The summed E-state index contributed by atoms with van der Waals surface area (Å²) in [6.07, 6.45) is -2.88. The van der Waals surface area contributed by atoms with Gasteiger partial charge < -0.3 is 4.42 Å². The van der Waals surface area contributed by atoms with E-state index in [0.29, 0.717) is 21.8 Å². The fourth-order valence-corrected chi connectivity index (χ4v) is 3.92. The molecule has 1 amide bonds. The van der Waals surface area contributed by atoms with Crippen LogP contribution < -0.4 is 5.32 Å². The molecule has 0 spiro atoms. The number of anilines is 1. The summed E-state index contributed by atoms with van der Waals surface area (Å²) in [5.74, 6) is -0.503. The summed E-state index contributed by atoms with van der Waals surface area (Å²) < 4.78 is 57.4. The van der Waals surface area contributed by atoms with Gasteiger partial charge in [-0.05, 0) is 60.2 Å². The number of halogens is 5. The first-order valence-electron chi connectivity index (χ1n) is 9.16. The summed E-state index contributed by atoms with van der Waals surface area (Å²) in [6.45, 7) is 0. The van der Waals surface area contributed by atoms with E-state index in [1.807, 2.05) is 0 Å². The van der Waals surface area contributed by atoms with Gasteiger partial charge in [0.15, 0.2) is 10.9 Å². The molecule has 0 saturated carbocycles. The number of rotatable bonds is 5. The van der Waals surface area contributed by atoms with Crippen molar-refractivity contribution in [3.05, 3.63) is 93.4 Å². The Balaban J connectivity index is 1.45. The fourth-order valence-electron chi connectivity index (χ4n) is 2.91. The molecule has 2 aromatic carbocycles. The first-order chi connectivity index (χ1) is 15.2. The summed E-state index contributed by atoms with van der Waals surface area (Å²) in [5, 5.41) is 3.06. The van der Waals surface area contributed by atoms with Crippen LogP contribution in [0.5, 0.6) is 0 Å². The van der Waals surface area contributed by atoms with E-state index in [4.69, 9.17) is 16.0 Å². The molecular weight excluding hydrogens is 468 g/mol. The molecule has 0 aliphatic rings. The normalized spacial score (nSPS) is 11.5. The molecule has 4 aromatic rings. The second-order valence-electron chi connectivity index (χ2n) is 6.74. The van der Waals surface area contributed by atoms with E-state index in [9.17, 15) is 22.4 Å². The van der Waals surface area contributed by atoms with Gasteiger partial charge in [-0.3, -0.25) is 10.1 Å². The lowest BCUT2D eigenvalue weighted by atomic mass is 10.1. The SMILES string of the molecule is O=C(Nc1ncc(Cc2cc(C(F)(F)F)ccc2Cl)s1)c1ccc(-c2ccc(F)cc2)o1. The van der Waals surface area contributed by atoms with Gasteiger partial charge in [-0.2, -0.15) is 13.2 Å². The zero-order chi connectivity index (χ0) is 22.9. The minimum atomic E-state index is -4.47. The summed E-state index contributed by atoms with van der Waals surface area (Å²) in [4.78, 5) is 17.2. The highest BCUT2D eigenvalue weighted by atomic mass is 35.5. The number of aromatic nitrogens is 1. The molecule has 10 heteroatoms. The molecule has 0 radical (unpaired) electrons. The monoisotopic (exact) mass is 480 g/mol. The van der Waals surface area contributed by atoms with Crippen molar-refractivity contribution in [2.45, 2.75) is 12.6 Å². The zero-order valence-electron chi connectivity index (χ0n) is 16.0. The van der Waals surface area contributed by atoms with E-state index < -0.39 is 17.6 Å². The molecular formula is C22H13ClF4N2O2S. The van der Waals surface area contributed by atoms with Crippen LogP contribution in [0.2, 0.25) is 5.02 Å². The second kappa shape index (κ2) is 8.76. The van der Waals surface area contributed by atoms with Gasteiger partial charge in [-0.25, -0.2) is 9.37 Å². The molecule has 4 nitrogen and oxygen atoms in total.